The van der Waals surface area contributed by atoms with Crippen molar-refractivity contribution < 1.29 is 0 Å². The Morgan fingerprint density at radius 2 is 1.92 bits per heavy atom. The maximum Gasteiger partial charge on any atom is 0.191 e. The molecule has 0 atom stereocenters. The van der Waals surface area contributed by atoms with Gasteiger partial charge in [0, 0.05) is 43.2 Å². The molecule has 26 heavy (non-hydrogen) atoms. The van der Waals surface area contributed by atoms with Gasteiger partial charge in [0.1, 0.15) is 0 Å². The van der Waals surface area contributed by atoms with Crippen molar-refractivity contribution in [1.82, 2.24) is 15.5 Å². The fourth-order valence-corrected chi connectivity index (χ4v) is 3.96. The first-order valence-electron chi connectivity index (χ1n) is 10.0. The Morgan fingerprint density at radius 3 is 2.54 bits per heavy atom. The normalized spacial score (nSPS) is 16.9. The second kappa shape index (κ2) is 11.5. The van der Waals surface area contributed by atoms with E-state index in [2.05, 4.69) is 67.5 Å². The van der Waals surface area contributed by atoms with Crippen LogP contribution in [-0.2, 0) is 5.75 Å². The summed E-state index contributed by atoms with van der Waals surface area (Å²) in [7, 11) is 0. The predicted molar refractivity (Wildman–Crippen MR) is 116 cm³/mol. The van der Waals surface area contributed by atoms with Crippen LogP contribution < -0.4 is 10.6 Å². The first kappa shape index (κ1) is 21.1. The molecule has 0 radical (unpaired) electrons. The average Bonchev–Trinajstić information content (AvgIpc) is 2.63. The Kier molecular flexibility index (Phi) is 9.33. The van der Waals surface area contributed by atoms with Crippen LogP contribution in [0.5, 0.6) is 0 Å². The summed E-state index contributed by atoms with van der Waals surface area (Å²) >= 11 is 1.95. The number of nitrogens with zero attached hydrogens (tertiary/aromatic N) is 2. The zero-order chi connectivity index (χ0) is 18.8. The maximum absolute atomic E-state index is 4.77. The Balaban J connectivity index is 1.70. The number of guanidine groups is 1. The highest BCUT2D eigenvalue weighted by Gasteiger charge is 2.21. The average molecular weight is 377 g/mol. The number of nitrogens with one attached hydrogen (secondary N) is 2. The lowest BCUT2D eigenvalue weighted by Crippen LogP contribution is -2.49. The van der Waals surface area contributed by atoms with E-state index in [4.69, 9.17) is 4.99 Å². The topological polar surface area (TPSA) is 39.7 Å². The molecular weight excluding hydrogens is 340 g/mol. The smallest absolute Gasteiger partial charge is 0.191 e. The molecule has 146 valence electrons. The standard InChI is InChI=1S/C21H36N4S/c1-5-22-21(24-20-10-13-25(14-11-20)17(2)3)23-12-15-26-16-19-8-6-18(4)7-9-19/h6-9,17,20H,5,10-16H2,1-4H3,(H2,22,23,24). The molecule has 0 aliphatic carbocycles. The van der Waals surface area contributed by atoms with Crippen molar-refractivity contribution >= 4 is 17.7 Å². The maximum atomic E-state index is 4.77. The summed E-state index contributed by atoms with van der Waals surface area (Å²) in [6, 6.07) is 10.0. The van der Waals surface area contributed by atoms with Gasteiger partial charge in [-0.15, -0.1) is 0 Å². The number of hydrogen-bond donors (Lipinski definition) is 2. The molecule has 1 saturated heterocycles. The van der Waals surface area contributed by atoms with Crippen molar-refractivity contribution in [2.75, 3.05) is 31.9 Å². The van der Waals surface area contributed by atoms with Crippen molar-refractivity contribution in [3.8, 4) is 0 Å². The molecule has 2 N–H and O–H groups in total. The third-order valence-electron chi connectivity index (χ3n) is 4.84. The molecule has 0 amide bonds. The lowest BCUT2D eigenvalue weighted by atomic mass is 10.0. The van der Waals surface area contributed by atoms with Gasteiger partial charge in [-0.25, -0.2) is 0 Å². The van der Waals surface area contributed by atoms with Crippen LogP contribution in [0.4, 0.5) is 0 Å². The highest BCUT2D eigenvalue weighted by Crippen LogP contribution is 2.14. The lowest BCUT2D eigenvalue weighted by Gasteiger charge is -2.35. The van der Waals surface area contributed by atoms with Gasteiger partial charge < -0.3 is 15.5 Å². The molecule has 1 aromatic rings. The number of benzene rings is 1. The van der Waals surface area contributed by atoms with Gasteiger partial charge in [-0.2, -0.15) is 11.8 Å². The van der Waals surface area contributed by atoms with E-state index in [9.17, 15) is 0 Å². The molecule has 1 aromatic carbocycles. The molecule has 0 unspecified atom stereocenters. The first-order chi connectivity index (χ1) is 12.6. The van der Waals surface area contributed by atoms with Crippen LogP contribution >= 0.6 is 11.8 Å². The van der Waals surface area contributed by atoms with Gasteiger partial charge in [0.15, 0.2) is 5.96 Å². The van der Waals surface area contributed by atoms with E-state index in [1.54, 1.807) is 0 Å². The summed E-state index contributed by atoms with van der Waals surface area (Å²) in [6.07, 6.45) is 2.40. The van der Waals surface area contributed by atoms with E-state index in [0.717, 1.165) is 30.6 Å². The molecule has 1 aliphatic rings. The van der Waals surface area contributed by atoms with Gasteiger partial charge in [-0.3, -0.25) is 4.99 Å². The largest absolute Gasteiger partial charge is 0.357 e. The second-order valence-electron chi connectivity index (χ2n) is 7.35. The molecule has 1 aliphatic heterocycles. The molecule has 0 aromatic heterocycles. The number of rotatable bonds is 8. The van der Waals surface area contributed by atoms with E-state index in [1.807, 2.05) is 11.8 Å². The zero-order valence-electron chi connectivity index (χ0n) is 16.9. The summed E-state index contributed by atoms with van der Waals surface area (Å²) in [5, 5.41) is 7.03. The molecule has 2 rings (SSSR count). The van der Waals surface area contributed by atoms with Crippen LogP contribution in [0.1, 0.15) is 44.7 Å². The summed E-state index contributed by atoms with van der Waals surface area (Å²) in [4.78, 5) is 7.33. The van der Waals surface area contributed by atoms with Crippen LogP contribution in [0.2, 0.25) is 0 Å². The Bertz CT molecular complexity index is 533. The van der Waals surface area contributed by atoms with E-state index in [1.165, 1.54) is 37.1 Å². The van der Waals surface area contributed by atoms with E-state index >= 15 is 0 Å². The number of aliphatic imine (C=N–C) groups is 1. The molecular formula is C21H36N4S. The quantitative estimate of drug-likeness (QED) is 0.413. The van der Waals surface area contributed by atoms with Crippen LogP contribution in [-0.4, -0.2) is 54.9 Å². The molecule has 0 spiro atoms. The Hall–Kier alpha value is -1.20. The van der Waals surface area contributed by atoms with Crippen molar-refractivity contribution in [2.45, 2.75) is 58.4 Å². The summed E-state index contributed by atoms with van der Waals surface area (Å²) in [5.41, 5.74) is 2.72. The molecule has 1 heterocycles. The second-order valence-corrected chi connectivity index (χ2v) is 8.45. The zero-order valence-corrected chi connectivity index (χ0v) is 17.7. The highest BCUT2D eigenvalue weighted by molar-refractivity contribution is 7.98. The molecule has 4 nitrogen and oxygen atoms in total. The van der Waals surface area contributed by atoms with Gasteiger partial charge in [0.25, 0.3) is 0 Å². The minimum absolute atomic E-state index is 0.544. The van der Waals surface area contributed by atoms with Crippen LogP contribution in [0.25, 0.3) is 0 Å². The summed E-state index contributed by atoms with van der Waals surface area (Å²) in [5.74, 6) is 3.09. The van der Waals surface area contributed by atoms with Gasteiger partial charge in [0.05, 0.1) is 6.54 Å². The molecule has 0 bridgehead atoms. The summed E-state index contributed by atoms with van der Waals surface area (Å²) in [6.45, 7) is 13.0. The van der Waals surface area contributed by atoms with E-state index < -0.39 is 0 Å². The van der Waals surface area contributed by atoms with E-state index in [-0.39, 0.29) is 0 Å². The SMILES string of the molecule is CCNC(=NCCSCc1ccc(C)cc1)NC1CCN(C(C)C)CC1. The van der Waals surface area contributed by atoms with Crippen LogP contribution in [0.15, 0.2) is 29.3 Å². The van der Waals surface area contributed by atoms with Crippen LogP contribution in [0.3, 0.4) is 0 Å². The number of thioether (sulfide) groups is 1. The Morgan fingerprint density at radius 1 is 1.23 bits per heavy atom. The van der Waals surface area contributed by atoms with Gasteiger partial charge in [-0.05, 0) is 46.1 Å². The summed E-state index contributed by atoms with van der Waals surface area (Å²) < 4.78 is 0. The van der Waals surface area contributed by atoms with Gasteiger partial charge >= 0.3 is 0 Å². The first-order valence-corrected chi connectivity index (χ1v) is 11.2. The number of hydrogen-bond acceptors (Lipinski definition) is 3. The van der Waals surface area contributed by atoms with Crippen molar-refractivity contribution in [3.05, 3.63) is 35.4 Å². The fourth-order valence-electron chi connectivity index (χ4n) is 3.17. The minimum atomic E-state index is 0.544. The Labute approximate surface area is 164 Å². The van der Waals surface area contributed by atoms with Crippen molar-refractivity contribution in [1.29, 1.82) is 0 Å². The molecule has 1 fully saturated rings. The van der Waals surface area contributed by atoms with Gasteiger partial charge in [-0.1, -0.05) is 29.8 Å². The highest BCUT2D eigenvalue weighted by atomic mass is 32.2. The molecule has 5 heteroatoms. The number of aryl methyl sites for hydroxylation is 1. The predicted octanol–water partition coefficient (Wildman–Crippen LogP) is 3.66. The van der Waals surface area contributed by atoms with Crippen molar-refractivity contribution in [2.24, 2.45) is 4.99 Å². The van der Waals surface area contributed by atoms with Gasteiger partial charge in [0.2, 0.25) is 0 Å². The number of piperidine rings is 1. The molecule has 0 saturated carbocycles. The van der Waals surface area contributed by atoms with Crippen LogP contribution in [0, 0.1) is 6.92 Å². The lowest BCUT2D eigenvalue weighted by molar-refractivity contribution is 0.167. The monoisotopic (exact) mass is 376 g/mol. The third kappa shape index (κ3) is 7.58. The van der Waals surface area contributed by atoms with Crippen molar-refractivity contribution in [3.63, 3.8) is 0 Å². The number of likely N-dealkylation sites (tertiary alicyclic amines) is 1. The minimum Gasteiger partial charge on any atom is -0.357 e. The van der Waals surface area contributed by atoms with E-state index in [0.29, 0.717) is 12.1 Å². The fraction of sp³-hybridized carbons (Fsp3) is 0.667. The third-order valence-corrected chi connectivity index (χ3v) is 5.85.